The van der Waals surface area contributed by atoms with E-state index in [4.69, 9.17) is 5.11 Å². The zero-order valence-corrected chi connectivity index (χ0v) is 11.4. The topological polar surface area (TPSA) is 66.0 Å². The third-order valence-electron chi connectivity index (χ3n) is 2.77. The van der Waals surface area contributed by atoms with E-state index >= 15 is 0 Å². The number of nitrogens with zero attached hydrogens (tertiary/aromatic N) is 1. The number of carboxylic acid groups (broad SMARTS) is 1. The summed E-state index contributed by atoms with van der Waals surface area (Å²) in [6.45, 7) is 1.83. The van der Waals surface area contributed by atoms with Gasteiger partial charge in [-0.05, 0) is 18.6 Å². The van der Waals surface area contributed by atoms with Crippen LogP contribution in [0, 0.1) is 0 Å². The van der Waals surface area contributed by atoms with Crippen LogP contribution in [0.4, 0.5) is 0 Å². The van der Waals surface area contributed by atoms with Crippen molar-refractivity contribution in [1.29, 1.82) is 0 Å². The predicted octanol–water partition coefficient (Wildman–Crippen LogP) is 3.42. The number of aromatic amines is 1. The Morgan fingerprint density at radius 1 is 1.56 bits per heavy atom. The van der Waals surface area contributed by atoms with E-state index in [1.807, 2.05) is 31.2 Å². The molecule has 0 saturated carbocycles. The Morgan fingerprint density at radius 2 is 2.33 bits per heavy atom. The van der Waals surface area contributed by atoms with E-state index in [2.05, 4.69) is 25.9 Å². The summed E-state index contributed by atoms with van der Waals surface area (Å²) in [5.41, 5.74) is 1.80. The second-order valence-electron chi connectivity index (χ2n) is 3.99. The number of rotatable bonds is 4. The van der Waals surface area contributed by atoms with Crippen LogP contribution in [0.2, 0.25) is 0 Å². The van der Waals surface area contributed by atoms with Gasteiger partial charge in [-0.2, -0.15) is 0 Å². The first kappa shape index (κ1) is 12.8. The van der Waals surface area contributed by atoms with Gasteiger partial charge in [-0.25, -0.2) is 4.98 Å². The van der Waals surface area contributed by atoms with Gasteiger partial charge in [0.25, 0.3) is 0 Å². The standard InChI is InChI=1S/C13H13BrN2O2/c1-2-10(13(17)18)12-15-7-11(16-12)8-4-3-5-9(14)6-8/h3-7,10H,2H2,1H3,(H,15,16)(H,17,18). The number of nitrogens with one attached hydrogen (secondary N) is 1. The molecule has 0 aliphatic rings. The lowest BCUT2D eigenvalue weighted by atomic mass is 10.1. The second kappa shape index (κ2) is 5.35. The van der Waals surface area contributed by atoms with Gasteiger partial charge in [-0.1, -0.05) is 35.0 Å². The molecule has 0 saturated heterocycles. The molecule has 1 aromatic heterocycles. The molecule has 0 fully saturated rings. The minimum atomic E-state index is -0.854. The molecule has 0 aliphatic carbocycles. The van der Waals surface area contributed by atoms with Crippen molar-refractivity contribution >= 4 is 21.9 Å². The molecule has 1 atom stereocenters. The molecule has 0 aliphatic heterocycles. The average Bonchev–Trinajstić information content (AvgIpc) is 2.79. The maximum atomic E-state index is 11.1. The number of aliphatic carboxylic acids is 1. The molecule has 0 bridgehead atoms. The first-order valence-corrected chi connectivity index (χ1v) is 6.44. The molecule has 2 aromatic rings. The van der Waals surface area contributed by atoms with Gasteiger partial charge < -0.3 is 10.1 Å². The summed E-state index contributed by atoms with van der Waals surface area (Å²) in [6.07, 6.45) is 2.18. The number of hydrogen-bond donors (Lipinski definition) is 2. The number of hydrogen-bond acceptors (Lipinski definition) is 2. The largest absolute Gasteiger partial charge is 0.481 e. The molecule has 5 heteroatoms. The van der Waals surface area contributed by atoms with Crippen molar-refractivity contribution < 1.29 is 9.90 Å². The second-order valence-corrected chi connectivity index (χ2v) is 4.91. The van der Waals surface area contributed by atoms with Crippen molar-refractivity contribution in [2.75, 3.05) is 0 Å². The number of halogens is 1. The highest BCUT2D eigenvalue weighted by Gasteiger charge is 2.20. The predicted molar refractivity (Wildman–Crippen MR) is 72.4 cm³/mol. The Kier molecular flexibility index (Phi) is 3.81. The van der Waals surface area contributed by atoms with Crippen LogP contribution in [0.25, 0.3) is 11.3 Å². The molecule has 94 valence electrons. The molecule has 0 spiro atoms. The highest BCUT2D eigenvalue weighted by atomic mass is 79.9. The number of carbonyl (C=O) groups is 1. The quantitative estimate of drug-likeness (QED) is 0.909. The number of benzene rings is 1. The lowest BCUT2D eigenvalue weighted by Gasteiger charge is -2.05. The van der Waals surface area contributed by atoms with Crippen LogP contribution < -0.4 is 0 Å². The minimum absolute atomic E-state index is 0.500. The zero-order chi connectivity index (χ0) is 13.1. The first-order chi connectivity index (χ1) is 8.61. The molecule has 4 nitrogen and oxygen atoms in total. The van der Waals surface area contributed by atoms with Gasteiger partial charge in [0.2, 0.25) is 0 Å². The van der Waals surface area contributed by atoms with Crippen molar-refractivity contribution in [2.45, 2.75) is 19.3 Å². The van der Waals surface area contributed by atoms with Gasteiger partial charge in [0.15, 0.2) is 0 Å². The molecular weight excluding hydrogens is 296 g/mol. The van der Waals surface area contributed by atoms with Crippen LogP contribution in [0.15, 0.2) is 34.9 Å². The molecule has 1 aromatic carbocycles. The SMILES string of the molecule is CCC(C(=O)O)c1ncc(-c2cccc(Br)c2)[nH]1. The van der Waals surface area contributed by atoms with Gasteiger partial charge in [-0.3, -0.25) is 4.79 Å². The Labute approximate surface area is 113 Å². The van der Waals surface area contributed by atoms with E-state index in [1.165, 1.54) is 0 Å². The van der Waals surface area contributed by atoms with E-state index in [-0.39, 0.29) is 0 Å². The van der Waals surface area contributed by atoms with E-state index in [0.717, 1.165) is 15.7 Å². The van der Waals surface area contributed by atoms with Crippen LogP contribution in [-0.4, -0.2) is 21.0 Å². The maximum absolute atomic E-state index is 11.1. The summed E-state index contributed by atoms with van der Waals surface area (Å²) in [5, 5.41) is 9.08. The Bertz CT molecular complexity index is 566. The molecule has 18 heavy (non-hydrogen) atoms. The summed E-state index contributed by atoms with van der Waals surface area (Å²) in [5.74, 6) is -0.932. The van der Waals surface area contributed by atoms with E-state index in [9.17, 15) is 4.79 Å². The third kappa shape index (κ3) is 2.61. The van der Waals surface area contributed by atoms with Crippen molar-refractivity contribution in [2.24, 2.45) is 0 Å². The molecule has 0 radical (unpaired) electrons. The molecule has 2 rings (SSSR count). The van der Waals surface area contributed by atoms with E-state index in [1.54, 1.807) is 6.20 Å². The average molecular weight is 309 g/mol. The molecule has 1 unspecified atom stereocenters. The van der Waals surface area contributed by atoms with Gasteiger partial charge in [0.1, 0.15) is 11.7 Å². The number of H-pyrrole nitrogens is 1. The fourth-order valence-corrected chi connectivity index (χ4v) is 2.20. The summed E-state index contributed by atoms with van der Waals surface area (Å²) >= 11 is 3.40. The third-order valence-corrected chi connectivity index (χ3v) is 3.26. The van der Waals surface area contributed by atoms with Gasteiger partial charge in [-0.15, -0.1) is 0 Å². The van der Waals surface area contributed by atoms with Crippen LogP contribution in [-0.2, 0) is 4.79 Å². The lowest BCUT2D eigenvalue weighted by Crippen LogP contribution is -2.11. The number of carboxylic acids is 1. The Hall–Kier alpha value is -1.62. The molecule has 2 N–H and O–H groups in total. The van der Waals surface area contributed by atoms with Gasteiger partial charge >= 0.3 is 5.97 Å². The molecule has 1 heterocycles. The van der Waals surface area contributed by atoms with Gasteiger partial charge in [0, 0.05) is 10.0 Å². The van der Waals surface area contributed by atoms with Crippen molar-refractivity contribution in [3.63, 3.8) is 0 Å². The molecular formula is C13H13BrN2O2. The highest BCUT2D eigenvalue weighted by molar-refractivity contribution is 9.10. The summed E-state index contributed by atoms with van der Waals surface area (Å²) in [6, 6.07) is 7.77. The smallest absolute Gasteiger partial charge is 0.314 e. The fourth-order valence-electron chi connectivity index (χ4n) is 1.80. The van der Waals surface area contributed by atoms with Crippen molar-refractivity contribution in [3.8, 4) is 11.3 Å². The van der Waals surface area contributed by atoms with Crippen LogP contribution in [0.5, 0.6) is 0 Å². The highest BCUT2D eigenvalue weighted by Crippen LogP contribution is 2.24. The molecule has 0 amide bonds. The first-order valence-electron chi connectivity index (χ1n) is 5.65. The van der Waals surface area contributed by atoms with Crippen LogP contribution in [0.1, 0.15) is 25.1 Å². The lowest BCUT2D eigenvalue weighted by molar-refractivity contribution is -0.139. The Morgan fingerprint density at radius 3 is 2.94 bits per heavy atom. The summed E-state index contributed by atoms with van der Waals surface area (Å²) in [7, 11) is 0. The minimum Gasteiger partial charge on any atom is -0.481 e. The van der Waals surface area contributed by atoms with Crippen molar-refractivity contribution in [3.05, 3.63) is 40.8 Å². The van der Waals surface area contributed by atoms with Crippen molar-refractivity contribution in [1.82, 2.24) is 9.97 Å². The van der Waals surface area contributed by atoms with E-state index in [0.29, 0.717) is 12.2 Å². The van der Waals surface area contributed by atoms with Crippen LogP contribution in [0.3, 0.4) is 0 Å². The Balaban J connectivity index is 2.33. The van der Waals surface area contributed by atoms with Gasteiger partial charge in [0.05, 0.1) is 11.9 Å². The normalized spacial score (nSPS) is 12.3. The van der Waals surface area contributed by atoms with E-state index < -0.39 is 11.9 Å². The van der Waals surface area contributed by atoms with Crippen LogP contribution >= 0.6 is 15.9 Å². The number of aromatic nitrogens is 2. The fraction of sp³-hybridized carbons (Fsp3) is 0.231. The number of imidazole rings is 1. The maximum Gasteiger partial charge on any atom is 0.314 e. The monoisotopic (exact) mass is 308 g/mol. The summed E-state index contributed by atoms with van der Waals surface area (Å²) in [4.78, 5) is 18.3. The zero-order valence-electron chi connectivity index (χ0n) is 9.85. The summed E-state index contributed by atoms with van der Waals surface area (Å²) < 4.78 is 0.974.